The molecule has 0 aromatic carbocycles. The zero-order valence-corrected chi connectivity index (χ0v) is 15.4. The van der Waals surface area contributed by atoms with Crippen LogP contribution in [0.3, 0.4) is 0 Å². The number of carbonyl (C=O) groups excluding carboxylic acids is 2. The van der Waals surface area contributed by atoms with Crippen LogP contribution in [0.4, 0.5) is 4.79 Å². The Morgan fingerprint density at radius 3 is 2.69 bits per heavy atom. The summed E-state index contributed by atoms with van der Waals surface area (Å²) >= 11 is 0. The predicted molar refractivity (Wildman–Crippen MR) is 91.1 cm³/mol. The lowest BCUT2D eigenvalue weighted by Crippen LogP contribution is -2.41. The molecule has 0 bridgehead atoms. The number of nitriles is 1. The first-order chi connectivity index (χ1) is 12.2. The van der Waals surface area contributed by atoms with Gasteiger partial charge in [-0.3, -0.25) is 0 Å². The second-order valence-electron chi connectivity index (χ2n) is 8.05. The zero-order chi connectivity index (χ0) is 18.9. The highest BCUT2D eigenvalue weighted by Crippen LogP contribution is 2.48. The number of esters is 1. The Labute approximate surface area is 152 Å². The summed E-state index contributed by atoms with van der Waals surface area (Å²) in [7, 11) is 0. The lowest BCUT2D eigenvalue weighted by Gasteiger charge is -2.31. The zero-order valence-electron chi connectivity index (χ0n) is 15.4. The maximum Gasteiger partial charge on any atom is 0.410 e. The smallest absolute Gasteiger partial charge is 0.410 e. The van der Waals surface area contributed by atoms with Gasteiger partial charge in [0.1, 0.15) is 5.60 Å². The molecule has 8 nitrogen and oxygen atoms in total. The lowest BCUT2D eigenvalue weighted by atomic mass is 10.1. The highest BCUT2D eigenvalue weighted by molar-refractivity contribution is 5.88. The average Bonchev–Trinajstić information content (AvgIpc) is 3.19. The Bertz CT molecular complexity index is 752. The summed E-state index contributed by atoms with van der Waals surface area (Å²) in [6, 6.07) is 2.15. The van der Waals surface area contributed by atoms with Crippen molar-refractivity contribution in [2.75, 3.05) is 13.2 Å². The summed E-state index contributed by atoms with van der Waals surface area (Å²) in [5.41, 5.74) is 0.131. The first-order valence-electron chi connectivity index (χ1n) is 8.79. The van der Waals surface area contributed by atoms with Crippen molar-refractivity contribution in [3.8, 4) is 6.07 Å². The van der Waals surface area contributed by atoms with E-state index in [9.17, 15) is 9.59 Å². The molecule has 1 aromatic heterocycles. The molecule has 0 atom stereocenters. The summed E-state index contributed by atoms with van der Waals surface area (Å²) < 4.78 is 12.7. The molecule has 1 fully saturated rings. The van der Waals surface area contributed by atoms with Gasteiger partial charge in [-0.2, -0.15) is 5.26 Å². The fourth-order valence-electron chi connectivity index (χ4n) is 2.91. The minimum Gasteiger partial charge on any atom is -0.460 e. The van der Waals surface area contributed by atoms with E-state index >= 15 is 0 Å². The molecular formula is C18H24N4O4. The largest absolute Gasteiger partial charge is 0.460 e. The van der Waals surface area contributed by atoms with Crippen LogP contribution in [0, 0.1) is 16.7 Å². The number of carbonyl (C=O) groups is 2. The van der Waals surface area contributed by atoms with Crippen molar-refractivity contribution in [1.29, 1.82) is 5.26 Å². The van der Waals surface area contributed by atoms with Crippen molar-refractivity contribution in [2.24, 2.45) is 5.41 Å². The quantitative estimate of drug-likeness (QED) is 0.765. The third kappa shape index (κ3) is 3.98. The van der Waals surface area contributed by atoms with Crippen LogP contribution in [0.2, 0.25) is 0 Å². The van der Waals surface area contributed by atoms with Crippen molar-refractivity contribution in [3.63, 3.8) is 0 Å². The van der Waals surface area contributed by atoms with Crippen LogP contribution < -0.4 is 0 Å². The second kappa shape index (κ2) is 6.63. The Morgan fingerprint density at radius 2 is 2.08 bits per heavy atom. The van der Waals surface area contributed by atoms with Crippen LogP contribution in [0.15, 0.2) is 6.33 Å². The monoisotopic (exact) mass is 360 g/mol. The van der Waals surface area contributed by atoms with Crippen LogP contribution in [0.1, 0.15) is 56.2 Å². The molecule has 0 saturated heterocycles. The number of aromatic nitrogens is 2. The van der Waals surface area contributed by atoms with Crippen molar-refractivity contribution in [1.82, 2.24) is 14.5 Å². The number of amides is 1. The van der Waals surface area contributed by atoms with Crippen LogP contribution in [0.5, 0.6) is 0 Å². The Kier molecular flexibility index (Phi) is 4.65. The molecule has 2 aliphatic rings. The predicted octanol–water partition coefficient (Wildman–Crippen LogP) is 2.48. The molecular weight excluding hydrogens is 336 g/mol. The van der Waals surface area contributed by atoms with Crippen molar-refractivity contribution >= 4 is 12.1 Å². The van der Waals surface area contributed by atoms with Gasteiger partial charge >= 0.3 is 12.1 Å². The molecule has 8 heteroatoms. The maximum absolute atomic E-state index is 12.4. The van der Waals surface area contributed by atoms with Gasteiger partial charge in [0.25, 0.3) is 0 Å². The number of rotatable bonds is 4. The van der Waals surface area contributed by atoms with E-state index in [0.717, 1.165) is 12.8 Å². The van der Waals surface area contributed by atoms with Gasteiger partial charge in [0.15, 0.2) is 5.69 Å². The normalized spacial score (nSPS) is 17.8. The number of nitrogens with zero attached hydrogens (tertiary/aromatic N) is 4. The Morgan fingerprint density at radius 1 is 1.35 bits per heavy atom. The van der Waals surface area contributed by atoms with E-state index in [-0.39, 0.29) is 24.3 Å². The molecule has 0 N–H and O–H groups in total. The molecule has 1 aromatic rings. The molecule has 1 aliphatic carbocycles. The molecule has 1 amide bonds. The van der Waals surface area contributed by atoms with Gasteiger partial charge < -0.3 is 18.9 Å². The summed E-state index contributed by atoms with van der Waals surface area (Å²) in [6.45, 7) is 6.99. The summed E-state index contributed by atoms with van der Waals surface area (Å²) in [4.78, 5) is 30.5. The molecule has 1 aliphatic heterocycles. The van der Waals surface area contributed by atoms with Gasteiger partial charge in [-0.1, -0.05) is 0 Å². The summed E-state index contributed by atoms with van der Waals surface area (Å²) in [6.07, 6.45) is 3.40. The molecule has 0 unspecified atom stereocenters. The van der Waals surface area contributed by atoms with E-state index in [4.69, 9.17) is 14.7 Å². The van der Waals surface area contributed by atoms with Gasteiger partial charge in [0.05, 0.1) is 31.2 Å². The SMILES string of the molecule is CC(C)(C)OC(=O)N1CCn2cnc(C(=O)OCC3(CC#N)CC3)c2C1. The first kappa shape index (κ1) is 18.2. The van der Waals surface area contributed by atoms with Gasteiger partial charge in [-0.15, -0.1) is 0 Å². The van der Waals surface area contributed by atoms with E-state index in [2.05, 4.69) is 11.1 Å². The highest BCUT2D eigenvalue weighted by atomic mass is 16.6. The van der Waals surface area contributed by atoms with Crippen LogP contribution in [-0.2, 0) is 22.6 Å². The van der Waals surface area contributed by atoms with E-state index in [1.807, 2.05) is 25.3 Å². The molecule has 2 heterocycles. The minimum absolute atomic E-state index is 0.174. The molecule has 1 saturated carbocycles. The number of hydrogen-bond donors (Lipinski definition) is 0. The summed E-state index contributed by atoms with van der Waals surface area (Å²) in [5.74, 6) is -0.506. The maximum atomic E-state index is 12.4. The van der Waals surface area contributed by atoms with Crippen LogP contribution in [-0.4, -0.2) is 45.3 Å². The Balaban J connectivity index is 1.65. The van der Waals surface area contributed by atoms with Gasteiger partial charge in [0, 0.05) is 24.9 Å². The van der Waals surface area contributed by atoms with E-state index in [1.54, 1.807) is 11.2 Å². The Hall–Kier alpha value is -2.56. The number of imidazole rings is 1. The van der Waals surface area contributed by atoms with Crippen LogP contribution >= 0.6 is 0 Å². The van der Waals surface area contributed by atoms with Gasteiger partial charge in [-0.25, -0.2) is 14.6 Å². The first-order valence-corrected chi connectivity index (χ1v) is 8.79. The van der Waals surface area contributed by atoms with Crippen molar-refractivity contribution in [3.05, 3.63) is 17.7 Å². The topological polar surface area (TPSA) is 97.5 Å². The van der Waals surface area contributed by atoms with Crippen LogP contribution in [0.25, 0.3) is 0 Å². The number of hydrogen-bond acceptors (Lipinski definition) is 6. The fourth-order valence-corrected chi connectivity index (χ4v) is 2.91. The summed E-state index contributed by atoms with van der Waals surface area (Å²) in [5, 5.41) is 8.86. The van der Waals surface area contributed by atoms with Crippen molar-refractivity contribution < 1.29 is 19.1 Å². The van der Waals surface area contributed by atoms with E-state index < -0.39 is 17.7 Å². The molecule has 26 heavy (non-hydrogen) atoms. The van der Waals surface area contributed by atoms with E-state index in [0.29, 0.717) is 25.2 Å². The van der Waals surface area contributed by atoms with Crippen molar-refractivity contribution in [2.45, 2.75) is 58.7 Å². The second-order valence-corrected chi connectivity index (χ2v) is 8.05. The number of fused-ring (bicyclic) bond motifs is 1. The van der Waals surface area contributed by atoms with Gasteiger partial charge in [0.2, 0.25) is 0 Å². The fraction of sp³-hybridized carbons (Fsp3) is 0.667. The van der Waals surface area contributed by atoms with Gasteiger partial charge in [-0.05, 0) is 33.6 Å². The molecule has 0 spiro atoms. The third-order valence-corrected chi connectivity index (χ3v) is 4.66. The molecule has 140 valence electrons. The average molecular weight is 360 g/mol. The van der Waals surface area contributed by atoms with E-state index in [1.165, 1.54) is 0 Å². The lowest BCUT2D eigenvalue weighted by molar-refractivity contribution is 0.0193. The molecule has 0 radical (unpaired) electrons. The highest BCUT2D eigenvalue weighted by Gasteiger charge is 2.44. The minimum atomic E-state index is -0.574. The standard InChI is InChI=1S/C18H24N4O4/c1-17(2,3)26-16(24)21-8-9-22-12-20-14(13(22)10-21)15(23)25-11-18(4-5-18)6-7-19/h12H,4-6,8-11H2,1-3H3. The molecule has 3 rings (SSSR count). The number of ether oxygens (including phenoxy) is 2. The third-order valence-electron chi connectivity index (χ3n) is 4.66.